The first kappa shape index (κ1) is 16.4. The Balaban J connectivity index is 1.47. The van der Waals surface area contributed by atoms with Crippen LogP contribution in [0.2, 0.25) is 0 Å². The van der Waals surface area contributed by atoms with E-state index in [4.69, 9.17) is 9.84 Å². The quantitative estimate of drug-likeness (QED) is 0.779. The number of aryl methyl sites for hydroxylation is 1. The van der Waals surface area contributed by atoms with Gasteiger partial charge in [0.15, 0.2) is 0 Å². The van der Waals surface area contributed by atoms with E-state index in [1.807, 2.05) is 28.9 Å². The van der Waals surface area contributed by atoms with Gasteiger partial charge in [0.05, 0.1) is 0 Å². The first-order chi connectivity index (χ1) is 12.6. The topological polar surface area (TPSA) is 67.1 Å². The van der Waals surface area contributed by atoms with Gasteiger partial charge in [-0.2, -0.15) is 0 Å². The standard InChI is InChI=1S/C20H21N3O3/c1-14-18(8-12-22-13-9-21-19(14)22)15-2-4-16(5-3-15)26-17-6-10-23(11-7-17)20(24)25/h2-5,8-9,12-13,17H,6-7,10-11H2,1H3,(H,24,25). The number of aromatic nitrogens is 2. The molecule has 0 spiro atoms. The number of ether oxygens (including phenoxy) is 1. The Kier molecular flexibility index (Phi) is 4.24. The molecule has 0 atom stereocenters. The summed E-state index contributed by atoms with van der Waals surface area (Å²) >= 11 is 0. The van der Waals surface area contributed by atoms with Gasteiger partial charge >= 0.3 is 6.09 Å². The van der Waals surface area contributed by atoms with Gasteiger partial charge < -0.3 is 19.1 Å². The summed E-state index contributed by atoms with van der Waals surface area (Å²) in [5.41, 5.74) is 4.39. The highest BCUT2D eigenvalue weighted by atomic mass is 16.5. The molecule has 134 valence electrons. The molecular formula is C20H21N3O3. The summed E-state index contributed by atoms with van der Waals surface area (Å²) in [4.78, 5) is 16.8. The lowest BCUT2D eigenvalue weighted by atomic mass is 10.0. The maximum Gasteiger partial charge on any atom is 0.407 e. The fourth-order valence-electron chi connectivity index (χ4n) is 3.51. The van der Waals surface area contributed by atoms with Crippen molar-refractivity contribution in [1.82, 2.24) is 14.3 Å². The molecule has 1 aromatic carbocycles. The third-order valence-electron chi connectivity index (χ3n) is 4.99. The lowest BCUT2D eigenvalue weighted by Crippen LogP contribution is -2.41. The number of amides is 1. The monoisotopic (exact) mass is 351 g/mol. The molecule has 0 unspecified atom stereocenters. The van der Waals surface area contributed by atoms with E-state index in [-0.39, 0.29) is 6.10 Å². The van der Waals surface area contributed by atoms with E-state index in [2.05, 4.69) is 30.1 Å². The van der Waals surface area contributed by atoms with E-state index in [0.29, 0.717) is 13.1 Å². The van der Waals surface area contributed by atoms with Crippen molar-refractivity contribution in [3.63, 3.8) is 0 Å². The molecule has 26 heavy (non-hydrogen) atoms. The van der Waals surface area contributed by atoms with E-state index in [1.165, 1.54) is 4.90 Å². The molecule has 6 nitrogen and oxygen atoms in total. The molecule has 1 aliphatic heterocycles. The van der Waals surface area contributed by atoms with E-state index >= 15 is 0 Å². The molecule has 1 N–H and O–H groups in total. The van der Waals surface area contributed by atoms with Crippen LogP contribution in [0.4, 0.5) is 4.79 Å². The molecule has 0 saturated carbocycles. The number of rotatable bonds is 3. The normalized spacial score (nSPS) is 15.3. The maximum absolute atomic E-state index is 11.0. The zero-order valence-electron chi connectivity index (χ0n) is 14.6. The van der Waals surface area contributed by atoms with Crippen molar-refractivity contribution < 1.29 is 14.6 Å². The average Bonchev–Trinajstić information content (AvgIpc) is 3.13. The van der Waals surface area contributed by atoms with Crippen molar-refractivity contribution in [2.75, 3.05) is 13.1 Å². The number of hydrogen-bond acceptors (Lipinski definition) is 3. The molecule has 3 heterocycles. The maximum atomic E-state index is 11.0. The van der Waals surface area contributed by atoms with E-state index in [0.717, 1.165) is 40.9 Å². The Morgan fingerprint density at radius 2 is 1.88 bits per heavy atom. The van der Waals surface area contributed by atoms with Crippen LogP contribution in [0.15, 0.2) is 48.9 Å². The molecule has 0 bridgehead atoms. The van der Waals surface area contributed by atoms with Crippen LogP contribution in [0.5, 0.6) is 5.75 Å². The summed E-state index contributed by atoms with van der Waals surface area (Å²) in [5, 5.41) is 9.01. The van der Waals surface area contributed by atoms with Crippen LogP contribution >= 0.6 is 0 Å². The van der Waals surface area contributed by atoms with Crippen molar-refractivity contribution in [3.05, 3.63) is 54.5 Å². The Morgan fingerprint density at radius 1 is 1.15 bits per heavy atom. The van der Waals surface area contributed by atoms with Crippen LogP contribution in [0.1, 0.15) is 18.4 Å². The number of benzene rings is 1. The smallest absolute Gasteiger partial charge is 0.407 e. The first-order valence-corrected chi connectivity index (χ1v) is 8.79. The van der Waals surface area contributed by atoms with E-state index < -0.39 is 6.09 Å². The van der Waals surface area contributed by atoms with Crippen LogP contribution in [0, 0.1) is 6.92 Å². The molecule has 4 rings (SSSR count). The number of nitrogens with zero attached hydrogens (tertiary/aromatic N) is 3. The van der Waals surface area contributed by atoms with E-state index in [9.17, 15) is 4.79 Å². The molecule has 1 fully saturated rings. The number of piperidine rings is 1. The number of fused-ring (bicyclic) bond motifs is 1. The SMILES string of the molecule is Cc1c(-c2ccc(OC3CCN(C(=O)O)CC3)cc2)ccn2ccnc12. The molecule has 6 heteroatoms. The van der Waals surface area contributed by atoms with Crippen LogP contribution in [0.25, 0.3) is 16.8 Å². The molecule has 3 aromatic rings. The minimum atomic E-state index is -0.849. The molecule has 1 saturated heterocycles. The van der Waals surface area contributed by atoms with Gasteiger partial charge in [-0.05, 0) is 36.2 Å². The zero-order chi connectivity index (χ0) is 18.1. The van der Waals surface area contributed by atoms with Crippen LogP contribution in [-0.4, -0.2) is 44.7 Å². The highest BCUT2D eigenvalue weighted by molar-refractivity contribution is 5.73. The summed E-state index contributed by atoms with van der Waals surface area (Å²) in [7, 11) is 0. The van der Waals surface area contributed by atoms with Crippen LogP contribution < -0.4 is 4.74 Å². The summed E-state index contributed by atoms with van der Waals surface area (Å²) in [6.45, 7) is 3.14. The van der Waals surface area contributed by atoms with Crippen molar-refractivity contribution in [1.29, 1.82) is 0 Å². The van der Waals surface area contributed by atoms with Crippen LogP contribution in [-0.2, 0) is 0 Å². The summed E-state index contributed by atoms with van der Waals surface area (Å²) in [6, 6.07) is 10.2. The van der Waals surface area contributed by atoms with Gasteiger partial charge in [-0.1, -0.05) is 12.1 Å². The van der Waals surface area contributed by atoms with Crippen LogP contribution in [0.3, 0.4) is 0 Å². The highest BCUT2D eigenvalue weighted by Crippen LogP contribution is 2.28. The predicted octanol–water partition coefficient (Wildman–Crippen LogP) is 3.83. The molecule has 2 aromatic heterocycles. The summed E-state index contributed by atoms with van der Waals surface area (Å²) in [5.74, 6) is 0.821. The van der Waals surface area contributed by atoms with Gasteiger partial charge in [0.2, 0.25) is 0 Å². The van der Waals surface area contributed by atoms with Gasteiger partial charge in [-0.3, -0.25) is 0 Å². The van der Waals surface area contributed by atoms with E-state index in [1.54, 1.807) is 6.20 Å². The largest absolute Gasteiger partial charge is 0.490 e. The Hall–Kier alpha value is -3.02. The second-order valence-electron chi connectivity index (χ2n) is 6.62. The summed E-state index contributed by atoms with van der Waals surface area (Å²) in [6.07, 6.45) is 6.44. The highest BCUT2D eigenvalue weighted by Gasteiger charge is 2.23. The number of hydrogen-bond donors (Lipinski definition) is 1. The van der Waals surface area contributed by atoms with Gasteiger partial charge in [0, 0.05) is 50.1 Å². The van der Waals surface area contributed by atoms with Crippen molar-refractivity contribution in [2.24, 2.45) is 0 Å². The lowest BCUT2D eigenvalue weighted by molar-refractivity contribution is 0.0895. The first-order valence-electron chi connectivity index (χ1n) is 8.79. The molecule has 0 aliphatic carbocycles. The predicted molar refractivity (Wildman–Crippen MR) is 98.6 cm³/mol. The van der Waals surface area contributed by atoms with Crippen molar-refractivity contribution >= 4 is 11.7 Å². The number of carboxylic acid groups (broad SMARTS) is 1. The second kappa shape index (κ2) is 6.71. The molecule has 0 radical (unpaired) electrons. The summed E-state index contributed by atoms with van der Waals surface area (Å²) < 4.78 is 8.04. The fourth-order valence-corrected chi connectivity index (χ4v) is 3.51. The number of imidazole rings is 1. The Labute approximate surface area is 151 Å². The molecular weight excluding hydrogens is 330 g/mol. The Morgan fingerprint density at radius 3 is 2.58 bits per heavy atom. The third-order valence-corrected chi connectivity index (χ3v) is 4.99. The van der Waals surface area contributed by atoms with Gasteiger partial charge in [0.25, 0.3) is 0 Å². The number of likely N-dealkylation sites (tertiary alicyclic amines) is 1. The minimum Gasteiger partial charge on any atom is -0.490 e. The van der Waals surface area contributed by atoms with Gasteiger partial charge in [-0.25, -0.2) is 9.78 Å². The lowest BCUT2D eigenvalue weighted by Gasteiger charge is -2.30. The third kappa shape index (κ3) is 3.10. The zero-order valence-corrected chi connectivity index (χ0v) is 14.6. The number of carbonyl (C=O) groups is 1. The molecule has 1 amide bonds. The van der Waals surface area contributed by atoms with Gasteiger partial charge in [0.1, 0.15) is 17.5 Å². The minimum absolute atomic E-state index is 0.0689. The second-order valence-corrected chi connectivity index (χ2v) is 6.62. The average molecular weight is 351 g/mol. The Bertz CT molecular complexity index is 925. The van der Waals surface area contributed by atoms with Crippen molar-refractivity contribution in [3.8, 4) is 16.9 Å². The fraction of sp³-hybridized carbons (Fsp3) is 0.300. The van der Waals surface area contributed by atoms with Crippen molar-refractivity contribution in [2.45, 2.75) is 25.9 Å². The van der Waals surface area contributed by atoms with Gasteiger partial charge in [-0.15, -0.1) is 0 Å². The number of pyridine rings is 1. The molecule has 1 aliphatic rings.